The molecule has 0 N–H and O–H groups in total. The molecule has 0 aliphatic rings. The molecule has 0 aliphatic heterocycles. The van der Waals surface area contributed by atoms with Crippen molar-refractivity contribution in [1.29, 1.82) is 0 Å². The molecule has 0 saturated carbocycles. The molecule has 0 aliphatic carbocycles. The summed E-state index contributed by atoms with van der Waals surface area (Å²) in [6, 6.07) is 23.2. The molecule has 0 fully saturated rings. The number of aromatic nitrogens is 1. The Morgan fingerprint density at radius 2 is 1.55 bits per heavy atom. The van der Waals surface area contributed by atoms with Gasteiger partial charge in [-0.15, -0.1) is 11.3 Å². The lowest BCUT2D eigenvalue weighted by molar-refractivity contribution is 1.37. The Bertz CT molecular complexity index is 899. The van der Waals surface area contributed by atoms with Gasteiger partial charge in [-0.05, 0) is 23.8 Å². The molecule has 4 aromatic rings. The van der Waals surface area contributed by atoms with E-state index in [0.29, 0.717) is 0 Å². The molecule has 0 amide bonds. The van der Waals surface area contributed by atoms with Gasteiger partial charge in [0.05, 0.1) is 8.91 Å². The standard InChI is InChI=1S/C19H13NS2/c1-3-7-14(8-4-1)18-16-11-12-20-13-17(16)22-19(18)21-15-9-5-2-6-10-15/h1-13H. The molecule has 0 saturated heterocycles. The predicted octanol–water partition coefficient (Wildman–Crippen LogP) is 6.11. The second-order valence-corrected chi connectivity index (χ2v) is 7.31. The first kappa shape index (κ1) is 13.6. The highest BCUT2D eigenvalue weighted by molar-refractivity contribution is 8.01. The molecule has 2 aromatic carbocycles. The van der Waals surface area contributed by atoms with E-state index in [9.17, 15) is 0 Å². The van der Waals surface area contributed by atoms with E-state index in [4.69, 9.17) is 0 Å². The Labute approximate surface area is 137 Å². The fourth-order valence-electron chi connectivity index (χ4n) is 2.47. The van der Waals surface area contributed by atoms with Gasteiger partial charge in [0.25, 0.3) is 0 Å². The largest absolute Gasteiger partial charge is 0.263 e. The second-order valence-electron chi connectivity index (χ2n) is 4.92. The van der Waals surface area contributed by atoms with Crippen molar-refractivity contribution in [2.24, 2.45) is 0 Å². The fraction of sp³-hybridized carbons (Fsp3) is 0. The molecular weight excluding hydrogens is 306 g/mol. The van der Waals surface area contributed by atoms with E-state index in [1.807, 2.05) is 35.5 Å². The van der Waals surface area contributed by atoms with Gasteiger partial charge in [0, 0.05) is 28.2 Å². The van der Waals surface area contributed by atoms with Crippen molar-refractivity contribution in [2.75, 3.05) is 0 Å². The molecule has 0 atom stereocenters. The van der Waals surface area contributed by atoms with E-state index in [1.54, 1.807) is 0 Å². The summed E-state index contributed by atoms with van der Waals surface area (Å²) < 4.78 is 2.56. The normalized spacial score (nSPS) is 10.9. The lowest BCUT2D eigenvalue weighted by atomic mass is 10.1. The lowest BCUT2D eigenvalue weighted by Crippen LogP contribution is -1.78. The van der Waals surface area contributed by atoms with Crippen molar-refractivity contribution in [3.8, 4) is 11.1 Å². The van der Waals surface area contributed by atoms with E-state index >= 15 is 0 Å². The quantitative estimate of drug-likeness (QED) is 0.451. The molecule has 0 unspecified atom stereocenters. The highest BCUT2D eigenvalue weighted by Gasteiger charge is 2.14. The monoisotopic (exact) mass is 319 g/mol. The zero-order valence-electron chi connectivity index (χ0n) is 11.8. The summed E-state index contributed by atoms with van der Waals surface area (Å²) in [6.45, 7) is 0. The van der Waals surface area contributed by atoms with Gasteiger partial charge in [0.1, 0.15) is 0 Å². The molecule has 106 valence electrons. The Morgan fingerprint density at radius 3 is 2.32 bits per heavy atom. The Balaban J connectivity index is 1.90. The van der Waals surface area contributed by atoms with Crippen molar-refractivity contribution in [2.45, 2.75) is 9.10 Å². The summed E-state index contributed by atoms with van der Waals surface area (Å²) in [6.07, 6.45) is 3.83. The first-order valence-electron chi connectivity index (χ1n) is 7.06. The summed E-state index contributed by atoms with van der Waals surface area (Å²) in [5, 5.41) is 1.28. The van der Waals surface area contributed by atoms with Crippen LogP contribution in [0.4, 0.5) is 0 Å². The first-order chi connectivity index (χ1) is 10.9. The van der Waals surface area contributed by atoms with Crippen LogP contribution < -0.4 is 0 Å². The summed E-state index contributed by atoms with van der Waals surface area (Å²) in [5.74, 6) is 0. The van der Waals surface area contributed by atoms with E-state index in [0.717, 1.165) is 0 Å². The molecule has 4 rings (SSSR count). The molecule has 0 radical (unpaired) electrons. The summed E-state index contributed by atoms with van der Waals surface area (Å²) >= 11 is 3.64. The SMILES string of the molecule is c1ccc(Sc2sc3cnccc3c2-c2ccccc2)cc1. The molecule has 0 bridgehead atoms. The van der Waals surface area contributed by atoms with E-state index in [2.05, 4.69) is 71.7 Å². The maximum atomic E-state index is 4.27. The number of fused-ring (bicyclic) bond motifs is 1. The predicted molar refractivity (Wildman–Crippen MR) is 95.6 cm³/mol. The molecule has 2 heterocycles. The number of hydrogen-bond donors (Lipinski definition) is 0. The Kier molecular flexibility index (Phi) is 3.67. The van der Waals surface area contributed by atoms with Crippen molar-refractivity contribution < 1.29 is 0 Å². The number of thiophene rings is 1. The van der Waals surface area contributed by atoms with Crippen molar-refractivity contribution in [3.63, 3.8) is 0 Å². The Hall–Kier alpha value is -2.10. The van der Waals surface area contributed by atoms with Crippen molar-refractivity contribution in [1.82, 2.24) is 4.98 Å². The topological polar surface area (TPSA) is 12.9 Å². The van der Waals surface area contributed by atoms with Gasteiger partial charge in [0.2, 0.25) is 0 Å². The number of hydrogen-bond acceptors (Lipinski definition) is 3. The van der Waals surface area contributed by atoms with Gasteiger partial charge in [0.15, 0.2) is 0 Å². The molecular formula is C19H13NS2. The van der Waals surface area contributed by atoms with Crippen LogP contribution in [0.5, 0.6) is 0 Å². The van der Waals surface area contributed by atoms with Gasteiger partial charge >= 0.3 is 0 Å². The summed E-state index contributed by atoms with van der Waals surface area (Å²) in [4.78, 5) is 5.53. The number of benzene rings is 2. The fourth-order valence-corrected chi connectivity index (χ4v) is 4.96. The third kappa shape index (κ3) is 2.54. The van der Waals surface area contributed by atoms with Crippen LogP contribution in [0.1, 0.15) is 0 Å². The van der Waals surface area contributed by atoms with Crippen LogP contribution in [0.3, 0.4) is 0 Å². The minimum atomic E-state index is 1.24. The molecule has 3 heteroatoms. The number of rotatable bonds is 3. The van der Waals surface area contributed by atoms with Gasteiger partial charge in [-0.25, -0.2) is 0 Å². The molecule has 22 heavy (non-hydrogen) atoms. The van der Waals surface area contributed by atoms with E-state index < -0.39 is 0 Å². The van der Waals surface area contributed by atoms with Crippen molar-refractivity contribution in [3.05, 3.63) is 79.1 Å². The Morgan fingerprint density at radius 1 is 0.818 bits per heavy atom. The van der Waals surface area contributed by atoms with Crippen LogP contribution in [-0.2, 0) is 0 Å². The van der Waals surface area contributed by atoms with Gasteiger partial charge in [-0.2, -0.15) is 0 Å². The first-order valence-corrected chi connectivity index (χ1v) is 8.70. The highest BCUT2D eigenvalue weighted by Crippen LogP contribution is 2.46. The van der Waals surface area contributed by atoms with Crippen molar-refractivity contribution >= 4 is 33.2 Å². The summed E-state index contributed by atoms with van der Waals surface area (Å²) in [5.41, 5.74) is 2.58. The van der Waals surface area contributed by atoms with Crippen LogP contribution in [0.2, 0.25) is 0 Å². The zero-order valence-corrected chi connectivity index (χ0v) is 13.4. The zero-order chi connectivity index (χ0) is 14.8. The third-order valence-electron chi connectivity index (χ3n) is 3.48. The van der Waals surface area contributed by atoms with Gasteiger partial charge in [-0.3, -0.25) is 4.98 Å². The van der Waals surface area contributed by atoms with Gasteiger partial charge < -0.3 is 0 Å². The van der Waals surface area contributed by atoms with Crippen LogP contribution in [-0.4, -0.2) is 4.98 Å². The maximum Gasteiger partial charge on any atom is 0.0738 e. The average Bonchev–Trinajstić information content (AvgIpc) is 2.94. The smallest absolute Gasteiger partial charge is 0.0738 e. The van der Waals surface area contributed by atoms with E-state index in [1.165, 1.54) is 30.3 Å². The van der Waals surface area contributed by atoms with Crippen LogP contribution in [0.15, 0.2) is 88.2 Å². The molecule has 2 aromatic heterocycles. The minimum absolute atomic E-state index is 1.24. The maximum absolute atomic E-state index is 4.27. The summed E-state index contributed by atoms with van der Waals surface area (Å²) in [7, 11) is 0. The molecule has 0 spiro atoms. The van der Waals surface area contributed by atoms with Crippen LogP contribution in [0.25, 0.3) is 21.2 Å². The number of pyridine rings is 1. The average molecular weight is 319 g/mol. The van der Waals surface area contributed by atoms with Crippen LogP contribution >= 0.6 is 23.1 Å². The highest BCUT2D eigenvalue weighted by atomic mass is 32.2. The lowest BCUT2D eigenvalue weighted by Gasteiger charge is -2.05. The minimum Gasteiger partial charge on any atom is -0.263 e. The second kappa shape index (κ2) is 5.95. The number of nitrogens with zero attached hydrogens (tertiary/aromatic N) is 1. The molecule has 1 nitrogen and oxygen atoms in total. The van der Waals surface area contributed by atoms with Crippen LogP contribution in [0, 0.1) is 0 Å². The van der Waals surface area contributed by atoms with Gasteiger partial charge in [-0.1, -0.05) is 60.3 Å². The third-order valence-corrected chi connectivity index (χ3v) is 5.81. The van der Waals surface area contributed by atoms with E-state index in [-0.39, 0.29) is 0 Å².